The van der Waals surface area contributed by atoms with Crippen molar-refractivity contribution in [3.8, 4) is 0 Å². The smallest absolute Gasteiger partial charge is 0.246 e. The van der Waals surface area contributed by atoms with Gasteiger partial charge in [-0.05, 0) is 44.7 Å². The molecule has 4 rings (SSSR count). The molecule has 2 aliphatic rings. The first-order valence-corrected chi connectivity index (χ1v) is 17.2. The van der Waals surface area contributed by atoms with E-state index >= 15 is 0 Å². The van der Waals surface area contributed by atoms with Crippen molar-refractivity contribution in [3.63, 3.8) is 0 Å². The maximum atomic E-state index is 14.2. The third-order valence-electron chi connectivity index (χ3n) is 9.05. The van der Waals surface area contributed by atoms with E-state index in [2.05, 4.69) is 36.9 Å². The highest BCUT2D eigenvalue weighted by Gasteiger charge is 2.46. The second kappa shape index (κ2) is 18.5. The largest absolute Gasteiger partial charge is 0.383 e. The summed E-state index contributed by atoms with van der Waals surface area (Å²) in [6, 6.07) is 5.12. The first-order valence-electron chi connectivity index (χ1n) is 17.2. The summed E-state index contributed by atoms with van der Waals surface area (Å²) in [5.74, 6) is -2.26. The number of likely N-dealkylation sites (N-methyl/N-ethyl adjacent to an activating group) is 1. The third kappa shape index (κ3) is 10.1. The van der Waals surface area contributed by atoms with Crippen molar-refractivity contribution in [2.24, 2.45) is 5.92 Å². The summed E-state index contributed by atoms with van der Waals surface area (Å²) in [7, 11) is 3.20. The van der Waals surface area contributed by atoms with E-state index in [-0.39, 0.29) is 43.8 Å². The number of hydrogen-bond donors (Lipinski definition) is 5. The lowest BCUT2D eigenvalue weighted by Gasteiger charge is -2.33. The molecule has 1 fully saturated rings. The van der Waals surface area contributed by atoms with Crippen LogP contribution in [0.3, 0.4) is 0 Å². The van der Waals surface area contributed by atoms with Crippen molar-refractivity contribution in [2.75, 3.05) is 40.4 Å². The molecular weight excluding hydrogens is 646 g/mol. The molecule has 50 heavy (non-hydrogen) atoms. The van der Waals surface area contributed by atoms with Crippen LogP contribution in [0.2, 0.25) is 0 Å². The van der Waals surface area contributed by atoms with E-state index in [1.165, 1.54) is 9.58 Å². The van der Waals surface area contributed by atoms with E-state index in [4.69, 9.17) is 9.47 Å². The van der Waals surface area contributed by atoms with Crippen LogP contribution in [0.25, 0.3) is 0 Å². The highest BCUT2D eigenvalue weighted by molar-refractivity contribution is 5.95. The van der Waals surface area contributed by atoms with Gasteiger partial charge in [-0.15, -0.1) is 5.10 Å². The number of carbonyl (C=O) groups excluding carboxylic acids is 5. The number of nitrogens with zero attached hydrogens (tertiary/aromatic N) is 4. The summed E-state index contributed by atoms with van der Waals surface area (Å²) in [4.78, 5) is 69.4. The van der Waals surface area contributed by atoms with Crippen molar-refractivity contribution in [1.82, 2.24) is 46.5 Å². The van der Waals surface area contributed by atoms with Crippen molar-refractivity contribution < 1.29 is 33.4 Å². The number of likely N-dealkylation sites (tertiary alicyclic amines) is 1. The maximum absolute atomic E-state index is 14.2. The zero-order chi connectivity index (χ0) is 36.2. The maximum Gasteiger partial charge on any atom is 0.246 e. The van der Waals surface area contributed by atoms with Crippen LogP contribution in [-0.2, 0) is 46.5 Å². The first kappa shape index (κ1) is 38.4. The molecule has 2 bridgehead atoms. The Morgan fingerprint density at radius 3 is 2.56 bits per heavy atom. The fourth-order valence-electron chi connectivity index (χ4n) is 6.05. The SMILES string of the molecule is CN[C@@H](C)C(=O)N[C@H](C(=O)N1CCC2OCc3cn(nn3)[C@H](C(=O)NCCOC)CCCNC(=O)[C@H](Cc3ccccc3)NC(=O)[C@H]21)C(C)C. The molecule has 274 valence electrons. The first-order chi connectivity index (χ1) is 24.0. The van der Waals surface area contributed by atoms with E-state index in [1.54, 1.807) is 27.3 Å². The minimum absolute atomic E-state index is 0.0353. The van der Waals surface area contributed by atoms with Gasteiger partial charge in [-0.25, -0.2) is 4.68 Å². The van der Waals surface area contributed by atoms with Gasteiger partial charge in [0.1, 0.15) is 29.9 Å². The van der Waals surface area contributed by atoms with E-state index in [0.29, 0.717) is 38.1 Å². The zero-order valence-electron chi connectivity index (χ0n) is 29.5. The molecule has 2 aliphatic heterocycles. The third-order valence-corrected chi connectivity index (χ3v) is 9.05. The zero-order valence-corrected chi connectivity index (χ0v) is 29.5. The quantitative estimate of drug-likeness (QED) is 0.190. The Morgan fingerprint density at radius 2 is 1.86 bits per heavy atom. The highest BCUT2D eigenvalue weighted by Crippen LogP contribution is 2.25. The van der Waals surface area contributed by atoms with E-state index in [0.717, 1.165) is 5.56 Å². The highest BCUT2D eigenvalue weighted by atomic mass is 16.5. The van der Waals surface area contributed by atoms with Gasteiger partial charge in [0.05, 0.1) is 31.6 Å². The molecule has 1 saturated heterocycles. The molecule has 5 amide bonds. The molecule has 1 aromatic heterocycles. The molecule has 5 N–H and O–H groups in total. The number of methoxy groups -OCH3 is 1. The molecule has 0 spiro atoms. The number of amides is 5. The summed E-state index contributed by atoms with van der Waals surface area (Å²) in [5.41, 5.74) is 1.28. The van der Waals surface area contributed by atoms with Crippen molar-refractivity contribution >= 4 is 29.5 Å². The van der Waals surface area contributed by atoms with Crippen LogP contribution in [0.5, 0.6) is 0 Å². The number of carbonyl (C=O) groups is 5. The molecule has 1 aromatic carbocycles. The Hall–Kier alpha value is -4.41. The molecule has 16 heteroatoms. The van der Waals surface area contributed by atoms with Gasteiger partial charge >= 0.3 is 0 Å². The number of hydrogen-bond acceptors (Lipinski definition) is 10. The molecule has 6 atom stereocenters. The van der Waals surface area contributed by atoms with Gasteiger partial charge < -0.3 is 41.0 Å². The second-order valence-corrected chi connectivity index (χ2v) is 13.0. The molecule has 16 nitrogen and oxygen atoms in total. The number of benzene rings is 1. The normalized spacial score (nSPS) is 23.0. The van der Waals surface area contributed by atoms with Crippen LogP contribution >= 0.6 is 0 Å². The molecule has 2 aromatic rings. The Kier molecular flexibility index (Phi) is 14.2. The number of ether oxygens (including phenoxy) is 2. The van der Waals surface area contributed by atoms with Crippen LogP contribution in [0.15, 0.2) is 36.5 Å². The summed E-state index contributed by atoms with van der Waals surface area (Å²) in [5, 5.41) is 22.8. The molecule has 0 saturated carbocycles. The van der Waals surface area contributed by atoms with E-state index in [9.17, 15) is 24.0 Å². The number of rotatable bonds is 11. The van der Waals surface area contributed by atoms with Gasteiger partial charge in [0.15, 0.2) is 0 Å². The Bertz CT molecular complexity index is 1450. The molecule has 1 unspecified atom stereocenters. The Labute approximate surface area is 292 Å². The van der Waals surface area contributed by atoms with Gasteiger partial charge in [-0.1, -0.05) is 49.4 Å². The standard InChI is InChI=1S/C34H51N9O7/c1-21(2)28(39-30(44)22(3)35-4)34(48)42-16-13-27-29(42)33(47)38-25(18-23-10-7-6-8-11-23)31(45)36-14-9-12-26(32(46)37-15-17-49-5)43-19-24(20-50-27)40-41-43/h6-8,10-11,19,21-22,25-29,35H,9,12-18,20H2,1-5H3,(H,36,45)(H,37,46)(H,38,47)(H,39,44)/t22-,25-,26-,27?,28-,29-/m0/s1. The Balaban J connectivity index is 1.65. The Morgan fingerprint density at radius 1 is 1.10 bits per heavy atom. The average molecular weight is 698 g/mol. The summed E-state index contributed by atoms with van der Waals surface area (Å²) in [6.45, 7) is 6.40. The van der Waals surface area contributed by atoms with Crippen molar-refractivity contribution in [2.45, 2.75) is 89.4 Å². The molecular formula is C34H51N9O7. The van der Waals surface area contributed by atoms with E-state index in [1.807, 2.05) is 44.2 Å². The minimum atomic E-state index is -1.10. The second-order valence-electron chi connectivity index (χ2n) is 13.0. The van der Waals surface area contributed by atoms with Crippen LogP contribution in [0.1, 0.15) is 57.3 Å². The topological polar surface area (TPSA) is 198 Å². The molecule has 0 radical (unpaired) electrons. The predicted octanol–water partition coefficient (Wildman–Crippen LogP) is -0.546. The lowest BCUT2D eigenvalue weighted by molar-refractivity contribution is -0.146. The lowest BCUT2D eigenvalue weighted by atomic mass is 10.0. The van der Waals surface area contributed by atoms with Gasteiger partial charge in [-0.3, -0.25) is 24.0 Å². The number of nitrogens with one attached hydrogen (secondary N) is 5. The summed E-state index contributed by atoms with van der Waals surface area (Å²) in [6.07, 6.45) is 2.20. The average Bonchev–Trinajstić information content (AvgIpc) is 3.76. The predicted molar refractivity (Wildman–Crippen MR) is 182 cm³/mol. The van der Waals surface area contributed by atoms with Crippen LogP contribution in [-0.4, -0.2) is 120 Å². The fourth-order valence-corrected chi connectivity index (χ4v) is 6.05. The summed E-state index contributed by atoms with van der Waals surface area (Å²) < 4.78 is 12.8. The molecule has 3 heterocycles. The fraction of sp³-hybridized carbons (Fsp3) is 0.618. The van der Waals surface area contributed by atoms with Crippen molar-refractivity contribution in [3.05, 3.63) is 47.8 Å². The van der Waals surface area contributed by atoms with Crippen molar-refractivity contribution in [1.29, 1.82) is 0 Å². The monoisotopic (exact) mass is 697 g/mol. The van der Waals surface area contributed by atoms with Gasteiger partial charge in [-0.2, -0.15) is 0 Å². The van der Waals surface area contributed by atoms with Crippen LogP contribution in [0.4, 0.5) is 0 Å². The van der Waals surface area contributed by atoms with Crippen LogP contribution < -0.4 is 26.6 Å². The molecule has 0 aliphatic carbocycles. The minimum Gasteiger partial charge on any atom is -0.383 e. The number of aromatic nitrogens is 3. The van der Waals surface area contributed by atoms with E-state index < -0.39 is 54.0 Å². The van der Waals surface area contributed by atoms with Crippen LogP contribution in [0, 0.1) is 5.92 Å². The van der Waals surface area contributed by atoms with Gasteiger partial charge in [0.2, 0.25) is 29.5 Å². The van der Waals surface area contributed by atoms with Gasteiger partial charge in [0, 0.05) is 33.2 Å². The van der Waals surface area contributed by atoms with Gasteiger partial charge in [0.25, 0.3) is 0 Å². The number of fused-ring (bicyclic) bond motifs is 3. The summed E-state index contributed by atoms with van der Waals surface area (Å²) >= 11 is 0. The lowest BCUT2D eigenvalue weighted by Crippen LogP contribution is -2.60.